The molecule has 0 saturated heterocycles. The zero-order chi connectivity index (χ0) is 6.85. The van der Waals surface area contributed by atoms with Gasteiger partial charge in [-0.05, 0) is 17.6 Å². The number of nitrogens with one attached hydrogen (secondary N) is 1. The van der Waals surface area contributed by atoms with E-state index in [9.17, 15) is 0 Å². The maximum atomic E-state index is 6.94. The molecule has 3 nitrogen and oxygen atoms in total. The van der Waals surface area contributed by atoms with Gasteiger partial charge in [-0.3, -0.25) is 5.41 Å². The lowest BCUT2D eigenvalue weighted by Gasteiger charge is -1.83. The molecule has 3 N–H and O–H groups in total. The normalized spacial score (nSPS) is 9.44. The van der Waals surface area contributed by atoms with Crippen LogP contribution in [0.15, 0.2) is 6.07 Å². The highest BCUT2D eigenvalue weighted by Crippen LogP contribution is 2.12. The maximum absolute atomic E-state index is 6.94. The summed E-state index contributed by atoms with van der Waals surface area (Å²) >= 11 is 6.58. The molecule has 0 amide bonds. The predicted octanol–water partition coefficient (Wildman–Crippen LogP) is 1.08. The summed E-state index contributed by atoms with van der Waals surface area (Å²) in [5, 5.41) is 7.33. The fraction of sp³-hybridized carbons (Fsp3) is 0. The zero-order valence-corrected chi connectivity index (χ0v) is 5.96. The van der Waals surface area contributed by atoms with Crippen molar-refractivity contribution in [1.29, 1.82) is 5.41 Å². The van der Waals surface area contributed by atoms with Crippen molar-refractivity contribution in [3.05, 3.63) is 16.1 Å². The first-order valence-electron chi connectivity index (χ1n) is 2.17. The first kappa shape index (κ1) is 6.51. The maximum Gasteiger partial charge on any atom is 0.143 e. The summed E-state index contributed by atoms with van der Waals surface area (Å²) in [6, 6.07) is 1.56. The highest BCUT2D eigenvalue weighted by molar-refractivity contribution is 7.08. The molecule has 0 unspecified atom stereocenters. The lowest BCUT2D eigenvalue weighted by Crippen LogP contribution is -2.08. The Morgan fingerprint density at radius 3 is 2.78 bits per heavy atom. The topological polar surface area (TPSA) is 62.8 Å². The van der Waals surface area contributed by atoms with Crippen LogP contribution in [0.1, 0.15) is 4.88 Å². The molecule has 0 aromatic carbocycles. The zero-order valence-electron chi connectivity index (χ0n) is 4.39. The van der Waals surface area contributed by atoms with Crippen molar-refractivity contribution in [3.63, 3.8) is 0 Å². The van der Waals surface area contributed by atoms with Gasteiger partial charge in [0.2, 0.25) is 0 Å². The third-order valence-corrected chi connectivity index (χ3v) is 1.86. The van der Waals surface area contributed by atoms with Crippen LogP contribution < -0.4 is 5.73 Å². The van der Waals surface area contributed by atoms with E-state index in [0.717, 1.165) is 11.5 Å². The Labute approximate surface area is 61.1 Å². The molecule has 0 atom stereocenters. The highest BCUT2D eigenvalue weighted by atomic mass is 35.5. The van der Waals surface area contributed by atoms with Crippen LogP contribution in [-0.2, 0) is 0 Å². The van der Waals surface area contributed by atoms with Gasteiger partial charge in [0.05, 0.1) is 4.88 Å². The van der Waals surface area contributed by atoms with Crippen LogP contribution in [0.4, 0.5) is 0 Å². The number of nitrogen functional groups attached to an aromatic ring is 1. The summed E-state index contributed by atoms with van der Waals surface area (Å²) in [6.45, 7) is 0. The molecule has 0 bridgehead atoms. The third-order valence-electron chi connectivity index (χ3n) is 0.747. The summed E-state index contributed by atoms with van der Waals surface area (Å²) in [6.07, 6.45) is 0. The van der Waals surface area contributed by atoms with Gasteiger partial charge in [0.15, 0.2) is 0 Å². The molecule has 0 spiro atoms. The van der Waals surface area contributed by atoms with Gasteiger partial charge in [-0.25, -0.2) is 0 Å². The number of nitrogens with zero attached hydrogens (tertiary/aromatic N) is 1. The van der Waals surface area contributed by atoms with E-state index in [-0.39, 0.29) is 5.84 Å². The van der Waals surface area contributed by atoms with Crippen molar-refractivity contribution in [2.24, 2.45) is 5.73 Å². The van der Waals surface area contributed by atoms with E-state index < -0.39 is 0 Å². The summed E-state index contributed by atoms with van der Waals surface area (Å²) in [7, 11) is 0. The minimum Gasteiger partial charge on any atom is -0.383 e. The molecule has 1 rings (SSSR count). The largest absolute Gasteiger partial charge is 0.383 e. The molecule has 0 saturated carbocycles. The standard InChI is InChI=1S/C4H4ClN3S/c5-3-1-2(4(6)7)9-8-3/h1H,(H3,6,7). The minimum absolute atomic E-state index is 0.0133. The highest BCUT2D eigenvalue weighted by Gasteiger charge is 1.99. The Morgan fingerprint density at radius 2 is 2.56 bits per heavy atom. The summed E-state index contributed by atoms with van der Waals surface area (Å²) in [4.78, 5) is 0.611. The third kappa shape index (κ3) is 1.40. The second-order valence-electron chi connectivity index (χ2n) is 1.43. The number of nitrogens with two attached hydrogens (primary N) is 1. The molecule has 5 heteroatoms. The fourth-order valence-electron chi connectivity index (χ4n) is 0.381. The molecule has 1 aromatic heterocycles. The second-order valence-corrected chi connectivity index (χ2v) is 2.62. The quantitative estimate of drug-likeness (QED) is 0.478. The lowest BCUT2D eigenvalue weighted by molar-refractivity contribution is 1.45. The van der Waals surface area contributed by atoms with Crippen LogP contribution in [0.25, 0.3) is 0 Å². The lowest BCUT2D eigenvalue weighted by atomic mass is 10.5. The smallest absolute Gasteiger partial charge is 0.143 e. The Bertz CT molecular complexity index is 231. The number of hydrogen-bond acceptors (Lipinski definition) is 3. The molecule has 48 valence electrons. The Kier molecular flexibility index (Phi) is 1.68. The van der Waals surface area contributed by atoms with Gasteiger partial charge in [-0.15, -0.1) is 0 Å². The Morgan fingerprint density at radius 1 is 1.89 bits per heavy atom. The van der Waals surface area contributed by atoms with Crippen molar-refractivity contribution in [1.82, 2.24) is 4.37 Å². The number of amidine groups is 1. The van der Waals surface area contributed by atoms with E-state index in [1.807, 2.05) is 0 Å². The average Bonchev–Trinajstić information content (AvgIpc) is 2.14. The van der Waals surface area contributed by atoms with Gasteiger partial charge < -0.3 is 5.73 Å². The van der Waals surface area contributed by atoms with E-state index in [2.05, 4.69) is 4.37 Å². The molecule has 0 fully saturated rings. The molecule has 0 aliphatic carbocycles. The molecule has 0 aliphatic rings. The number of rotatable bonds is 1. The average molecular weight is 162 g/mol. The molecule has 1 aromatic rings. The molecular weight excluding hydrogens is 158 g/mol. The van der Waals surface area contributed by atoms with Crippen molar-refractivity contribution in [2.75, 3.05) is 0 Å². The summed E-state index contributed by atoms with van der Waals surface area (Å²) in [5.74, 6) is 0.0133. The van der Waals surface area contributed by atoms with E-state index in [1.165, 1.54) is 0 Å². The molecule has 0 aliphatic heterocycles. The number of aromatic nitrogens is 1. The summed E-state index contributed by atoms with van der Waals surface area (Å²) in [5.41, 5.74) is 5.12. The van der Waals surface area contributed by atoms with E-state index in [1.54, 1.807) is 6.07 Å². The van der Waals surface area contributed by atoms with Gasteiger partial charge in [-0.1, -0.05) is 11.6 Å². The van der Waals surface area contributed by atoms with Gasteiger partial charge >= 0.3 is 0 Å². The van der Waals surface area contributed by atoms with E-state index in [4.69, 9.17) is 22.7 Å². The fourth-order valence-corrected chi connectivity index (χ4v) is 1.16. The van der Waals surface area contributed by atoms with Crippen LogP contribution in [0.3, 0.4) is 0 Å². The molecule has 0 radical (unpaired) electrons. The second kappa shape index (κ2) is 2.33. The van der Waals surface area contributed by atoms with Crippen LogP contribution in [0.2, 0.25) is 5.15 Å². The number of halogens is 1. The first-order chi connectivity index (χ1) is 4.20. The van der Waals surface area contributed by atoms with Crippen molar-refractivity contribution in [3.8, 4) is 0 Å². The Balaban J connectivity index is 2.98. The molecular formula is C4H4ClN3S. The van der Waals surface area contributed by atoms with Gasteiger partial charge in [0, 0.05) is 0 Å². The molecule has 1 heterocycles. The van der Waals surface area contributed by atoms with Crippen molar-refractivity contribution < 1.29 is 0 Å². The number of hydrogen-bond donors (Lipinski definition) is 2. The summed E-state index contributed by atoms with van der Waals surface area (Å²) < 4.78 is 3.72. The van der Waals surface area contributed by atoms with E-state index >= 15 is 0 Å². The monoisotopic (exact) mass is 161 g/mol. The van der Waals surface area contributed by atoms with Crippen LogP contribution in [-0.4, -0.2) is 10.2 Å². The van der Waals surface area contributed by atoms with Gasteiger partial charge in [-0.2, -0.15) is 4.37 Å². The van der Waals surface area contributed by atoms with Crippen LogP contribution >= 0.6 is 23.1 Å². The van der Waals surface area contributed by atoms with Gasteiger partial charge in [0.25, 0.3) is 0 Å². The van der Waals surface area contributed by atoms with Crippen LogP contribution in [0, 0.1) is 5.41 Å². The Hall–Kier alpha value is -0.610. The van der Waals surface area contributed by atoms with E-state index in [0.29, 0.717) is 10.0 Å². The molecule has 9 heavy (non-hydrogen) atoms. The van der Waals surface area contributed by atoms with Crippen molar-refractivity contribution in [2.45, 2.75) is 0 Å². The predicted molar refractivity (Wildman–Crippen MR) is 38.1 cm³/mol. The van der Waals surface area contributed by atoms with Crippen molar-refractivity contribution >= 4 is 29.0 Å². The SMILES string of the molecule is N=C(N)c1cc(Cl)ns1. The minimum atomic E-state index is 0.0133. The van der Waals surface area contributed by atoms with Crippen LogP contribution in [0.5, 0.6) is 0 Å². The first-order valence-corrected chi connectivity index (χ1v) is 3.32. The van der Waals surface area contributed by atoms with Gasteiger partial charge in [0.1, 0.15) is 11.0 Å².